The van der Waals surface area contributed by atoms with Gasteiger partial charge in [-0.1, -0.05) is 12.8 Å². The molecule has 1 spiro atoms. The van der Waals surface area contributed by atoms with Gasteiger partial charge in [0.15, 0.2) is 0 Å². The van der Waals surface area contributed by atoms with E-state index in [0.29, 0.717) is 6.04 Å². The number of hydrogen-bond acceptors (Lipinski definition) is 2. The summed E-state index contributed by atoms with van der Waals surface area (Å²) in [6.45, 7) is 4.56. The van der Waals surface area contributed by atoms with Crippen molar-refractivity contribution in [1.82, 2.24) is 5.32 Å². The fourth-order valence-electron chi connectivity index (χ4n) is 4.38. The Labute approximate surface area is 128 Å². The van der Waals surface area contributed by atoms with E-state index in [2.05, 4.69) is 31.3 Å². The van der Waals surface area contributed by atoms with Crippen molar-refractivity contribution < 1.29 is 0 Å². The van der Waals surface area contributed by atoms with E-state index < -0.39 is 0 Å². The second kappa shape index (κ2) is 6.19. The first kappa shape index (κ1) is 14.6. The largest absolute Gasteiger partial charge is 0.311 e. The third-order valence-electron chi connectivity index (χ3n) is 5.53. The van der Waals surface area contributed by atoms with Gasteiger partial charge in [-0.15, -0.1) is 11.3 Å². The highest BCUT2D eigenvalue weighted by atomic mass is 32.1. The molecule has 1 atom stereocenters. The standard InChI is InChI=1S/C18H29NS/c1-14(13-17-6-5-15(2)20-17)19-16-7-11-18(12-8-16)9-3-4-10-18/h5-6,14,16,19H,3-4,7-13H2,1-2H3. The van der Waals surface area contributed by atoms with E-state index in [1.54, 1.807) is 0 Å². The van der Waals surface area contributed by atoms with Crippen LogP contribution >= 0.6 is 11.3 Å². The highest BCUT2D eigenvalue weighted by Gasteiger charge is 2.37. The molecule has 1 unspecified atom stereocenters. The van der Waals surface area contributed by atoms with Gasteiger partial charge in [0.2, 0.25) is 0 Å². The average Bonchev–Trinajstić information content (AvgIpc) is 3.03. The molecule has 0 aromatic carbocycles. The zero-order valence-corrected chi connectivity index (χ0v) is 13.9. The molecule has 2 heteroatoms. The monoisotopic (exact) mass is 291 g/mol. The second-order valence-electron chi connectivity index (χ2n) is 7.27. The van der Waals surface area contributed by atoms with E-state index in [1.165, 1.54) is 67.5 Å². The van der Waals surface area contributed by atoms with Gasteiger partial charge in [0.25, 0.3) is 0 Å². The average molecular weight is 292 g/mol. The van der Waals surface area contributed by atoms with Gasteiger partial charge in [-0.05, 0) is 76.3 Å². The topological polar surface area (TPSA) is 12.0 Å². The molecule has 3 rings (SSSR count). The molecular formula is C18H29NS. The Morgan fingerprint density at radius 1 is 1.20 bits per heavy atom. The van der Waals surface area contributed by atoms with Gasteiger partial charge < -0.3 is 5.32 Å². The molecule has 2 saturated carbocycles. The van der Waals surface area contributed by atoms with Crippen molar-refractivity contribution in [3.63, 3.8) is 0 Å². The Balaban J connectivity index is 1.44. The number of nitrogens with one attached hydrogen (secondary N) is 1. The Bertz CT molecular complexity index is 420. The minimum atomic E-state index is 0.621. The third kappa shape index (κ3) is 3.46. The molecule has 2 fully saturated rings. The molecule has 0 radical (unpaired) electrons. The van der Waals surface area contributed by atoms with E-state index >= 15 is 0 Å². The Morgan fingerprint density at radius 2 is 1.90 bits per heavy atom. The van der Waals surface area contributed by atoms with E-state index in [4.69, 9.17) is 0 Å². The van der Waals surface area contributed by atoms with E-state index in [0.717, 1.165) is 11.5 Å². The first-order valence-corrected chi connectivity index (χ1v) is 9.28. The SMILES string of the molecule is Cc1ccc(CC(C)NC2CCC3(CCCC3)CC2)s1. The van der Waals surface area contributed by atoms with Crippen LogP contribution in [0.5, 0.6) is 0 Å². The van der Waals surface area contributed by atoms with Crippen LogP contribution in [-0.4, -0.2) is 12.1 Å². The predicted molar refractivity (Wildman–Crippen MR) is 88.5 cm³/mol. The Hall–Kier alpha value is -0.340. The molecule has 1 N–H and O–H groups in total. The predicted octanol–water partition coefficient (Wildman–Crippen LogP) is 5.08. The molecule has 0 saturated heterocycles. The summed E-state index contributed by atoms with van der Waals surface area (Å²) in [5, 5.41) is 3.89. The van der Waals surface area contributed by atoms with Crippen LogP contribution in [0.4, 0.5) is 0 Å². The maximum Gasteiger partial charge on any atom is 0.00896 e. The lowest BCUT2D eigenvalue weighted by molar-refractivity contribution is 0.163. The van der Waals surface area contributed by atoms with Gasteiger partial charge in [0, 0.05) is 21.8 Å². The molecule has 0 aliphatic heterocycles. The maximum absolute atomic E-state index is 3.89. The number of hydrogen-bond donors (Lipinski definition) is 1. The van der Waals surface area contributed by atoms with Gasteiger partial charge in [-0.2, -0.15) is 0 Å². The lowest BCUT2D eigenvalue weighted by atomic mass is 9.71. The number of rotatable bonds is 4. The van der Waals surface area contributed by atoms with E-state index in [9.17, 15) is 0 Å². The van der Waals surface area contributed by atoms with Crippen LogP contribution < -0.4 is 5.32 Å². The quantitative estimate of drug-likeness (QED) is 0.815. The van der Waals surface area contributed by atoms with Crippen LogP contribution in [0.3, 0.4) is 0 Å². The summed E-state index contributed by atoms with van der Waals surface area (Å²) in [6, 6.07) is 5.94. The normalized spacial score (nSPS) is 24.3. The molecule has 2 aliphatic carbocycles. The first-order valence-electron chi connectivity index (χ1n) is 8.47. The zero-order valence-electron chi connectivity index (χ0n) is 13.1. The smallest absolute Gasteiger partial charge is 0.00896 e. The van der Waals surface area contributed by atoms with Crippen molar-refractivity contribution in [2.75, 3.05) is 0 Å². The van der Waals surface area contributed by atoms with Crippen LogP contribution in [-0.2, 0) is 6.42 Å². The molecular weight excluding hydrogens is 262 g/mol. The molecule has 1 aromatic rings. The first-order chi connectivity index (χ1) is 9.65. The van der Waals surface area contributed by atoms with Crippen molar-refractivity contribution >= 4 is 11.3 Å². The van der Waals surface area contributed by atoms with Crippen LogP contribution in [0, 0.1) is 12.3 Å². The molecule has 112 valence electrons. The Kier molecular flexibility index (Phi) is 4.52. The second-order valence-corrected chi connectivity index (χ2v) is 8.64. The third-order valence-corrected chi connectivity index (χ3v) is 6.56. The fraction of sp³-hybridized carbons (Fsp3) is 0.778. The lowest BCUT2D eigenvalue weighted by Crippen LogP contribution is -2.41. The van der Waals surface area contributed by atoms with Gasteiger partial charge in [0.1, 0.15) is 0 Å². The molecule has 2 aliphatic rings. The van der Waals surface area contributed by atoms with Gasteiger partial charge in [-0.25, -0.2) is 0 Å². The molecule has 20 heavy (non-hydrogen) atoms. The molecule has 0 bridgehead atoms. The molecule has 1 heterocycles. The summed E-state index contributed by atoms with van der Waals surface area (Å²) >= 11 is 1.95. The van der Waals surface area contributed by atoms with Crippen LogP contribution in [0.1, 0.15) is 68.0 Å². The summed E-state index contributed by atoms with van der Waals surface area (Å²) in [5.41, 5.74) is 0.770. The molecule has 1 aromatic heterocycles. The summed E-state index contributed by atoms with van der Waals surface area (Å²) in [4.78, 5) is 2.97. The summed E-state index contributed by atoms with van der Waals surface area (Å²) < 4.78 is 0. The highest BCUT2D eigenvalue weighted by molar-refractivity contribution is 7.11. The van der Waals surface area contributed by atoms with E-state index in [1.807, 2.05) is 11.3 Å². The molecule has 0 amide bonds. The minimum Gasteiger partial charge on any atom is -0.311 e. The summed E-state index contributed by atoms with van der Waals surface area (Å²) in [5.74, 6) is 0. The van der Waals surface area contributed by atoms with Crippen molar-refractivity contribution in [2.24, 2.45) is 5.41 Å². The lowest BCUT2D eigenvalue weighted by Gasteiger charge is -2.38. The maximum atomic E-state index is 3.89. The van der Waals surface area contributed by atoms with E-state index in [-0.39, 0.29) is 0 Å². The van der Waals surface area contributed by atoms with Gasteiger partial charge in [-0.3, -0.25) is 0 Å². The minimum absolute atomic E-state index is 0.621. The molecule has 1 nitrogen and oxygen atoms in total. The zero-order chi connectivity index (χ0) is 14.0. The van der Waals surface area contributed by atoms with Crippen LogP contribution in [0.25, 0.3) is 0 Å². The number of thiophene rings is 1. The number of aryl methyl sites for hydroxylation is 1. The van der Waals surface area contributed by atoms with Crippen molar-refractivity contribution in [1.29, 1.82) is 0 Å². The van der Waals surface area contributed by atoms with Crippen LogP contribution in [0.15, 0.2) is 12.1 Å². The van der Waals surface area contributed by atoms with Gasteiger partial charge >= 0.3 is 0 Å². The van der Waals surface area contributed by atoms with Gasteiger partial charge in [0.05, 0.1) is 0 Å². The van der Waals surface area contributed by atoms with Crippen molar-refractivity contribution in [3.05, 3.63) is 21.9 Å². The summed E-state index contributed by atoms with van der Waals surface area (Å²) in [6.07, 6.45) is 13.0. The van der Waals surface area contributed by atoms with Crippen molar-refractivity contribution in [2.45, 2.75) is 83.7 Å². The van der Waals surface area contributed by atoms with Crippen LogP contribution in [0.2, 0.25) is 0 Å². The summed E-state index contributed by atoms with van der Waals surface area (Å²) in [7, 11) is 0. The van der Waals surface area contributed by atoms with Crippen molar-refractivity contribution in [3.8, 4) is 0 Å². The highest BCUT2D eigenvalue weighted by Crippen LogP contribution is 2.48. The Morgan fingerprint density at radius 3 is 2.50 bits per heavy atom. The fourth-order valence-corrected chi connectivity index (χ4v) is 5.40.